The Morgan fingerprint density at radius 2 is 1.96 bits per heavy atom. The van der Waals surface area contributed by atoms with Crippen LogP contribution in [0.25, 0.3) is 0 Å². The molecule has 1 fully saturated rings. The molecule has 1 atom stereocenters. The highest BCUT2D eigenvalue weighted by Crippen LogP contribution is 2.17. The van der Waals surface area contributed by atoms with Crippen LogP contribution < -0.4 is 0 Å². The van der Waals surface area contributed by atoms with Gasteiger partial charge in [-0.2, -0.15) is 0 Å². The van der Waals surface area contributed by atoms with Crippen LogP contribution in [0.4, 0.5) is 0 Å². The molecule has 2 amide bonds. The van der Waals surface area contributed by atoms with Crippen LogP contribution in [0.1, 0.15) is 31.7 Å². The SMILES string of the molecule is CC(=O)N(CCC(=O)N1CCC[C@H](C(=O)O)C1)Cc1ccccc1. The number of hydrogen-bond donors (Lipinski definition) is 1. The molecule has 130 valence electrons. The van der Waals surface area contributed by atoms with Crippen molar-refractivity contribution in [2.24, 2.45) is 5.92 Å². The second-order valence-electron chi connectivity index (χ2n) is 6.19. The lowest BCUT2D eigenvalue weighted by molar-refractivity contribution is -0.145. The average Bonchev–Trinajstić information content (AvgIpc) is 2.59. The largest absolute Gasteiger partial charge is 0.481 e. The molecule has 0 aliphatic carbocycles. The maximum absolute atomic E-state index is 12.3. The van der Waals surface area contributed by atoms with Crippen LogP contribution in [0.3, 0.4) is 0 Å². The lowest BCUT2D eigenvalue weighted by atomic mass is 9.98. The van der Waals surface area contributed by atoms with Crippen molar-refractivity contribution in [1.29, 1.82) is 0 Å². The standard InChI is InChI=1S/C18H24N2O4/c1-14(21)19(12-15-6-3-2-4-7-15)11-9-17(22)20-10-5-8-16(13-20)18(23)24/h2-4,6-7,16H,5,8-13H2,1H3,(H,23,24)/t16-/m0/s1. The fraction of sp³-hybridized carbons (Fsp3) is 0.500. The number of benzene rings is 1. The summed E-state index contributed by atoms with van der Waals surface area (Å²) in [6.07, 6.45) is 1.55. The molecule has 0 aromatic heterocycles. The smallest absolute Gasteiger partial charge is 0.308 e. The summed E-state index contributed by atoms with van der Waals surface area (Å²) in [6.45, 7) is 3.18. The molecule has 1 aliphatic rings. The number of nitrogens with zero attached hydrogens (tertiary/aromatic N) is 2. The van der Waals surface area contributed by atoms with Gasteiger partial charge in [-0.3, -0.25) is 14.4 Å². The first-order valence-corrected chi connectivity index (χ1v) is 8.27. The number of carboxylic acid groups (broad SMARTS) is 1. The molecule has 24 heavy (non-hydrogen) atoms. The first kappa shape index (κ1) is 18.0. The van der Waals surface area contributed by atoms with Gasteiger partial charge in [0.1, 0.15) is 0 Å². The number of carbonyl (C=O) groups is 3. The van der Waals surface area contributed by atoms with Crippen molar-refractivity contribution in [3.8, 4) is 0 Å². The molecular formula is C18H24N2O4. The maximum atomic E-state index is 12.3. The van der Waals surface area contributed by atoms with E-state index in [1.54, 1.807) is 9.80 Å². The Balaban J connectivity index is 1.88. The Morgan fingerprint density at radius 1 is 1.25 bits per heavy atom. The number of amides is 2. The minimum Gasteiger partial charge on any atom is -0.481 e. The van der Waals surface area contributed by atoms with Crippen LogP contribution in [0, 0.1) is 5.92 Å². The van der Waals surface area contributed by atoms with Gasteiger partial charge in [0.05, 0.1) is 5.92 Å². The minimum atomic E-state index is -0.845. The topological polar surface area (TPSA) is 77.9 Å². The van der Waals surface area contributed by atoms with E-state index in [1.807, 2.05) is 30.3 Å². The highest BCUT2D eigenvalue weighted by molar-refractivity contribution is 5.79. The molecule has 1 aliphatic heterocycles. The molecule has 1 heterocycles. The molecular weight excluding hydrogens is 308 g/mol. The number of rotatable bonds is 6. The van der Waals surface area contributed by atoms with Gasteiger partial charge in [0.2, 0.25) is 11.8 Å². The van der Waals surface area contributed by atoms with Crippen molar-refractivity contribution in [2.45, 2.75) is 32.7 Å². The number of aliphatic carboxylic acids is 1. The summed E-state index contributed by atoms with van der Waals surface area (Å²) in [5.74, 6) is -1.48. The molecule has 1 aromatic carbocycles. The molecule has 0 unspecified atom stereocenters. The Hall–Kier alpha value is -2.37. The lowest BCUT2D eigenvalue weighted by Crippen LogP contribution is -2.43. The van der Waals surface area contributed by atoms with E-state index in [2.05, 4.69) is 0 Å². The molecule has 1 aromatic rings. The molecule has 0 spiro atoms. The summed E-state index contributed by atoms with van der Waals surface area (Å²) in [6, 6.07) is 9.64. The Morgan fingerprint density at radius 3 is 2.58 bits per heavy atom. The van der Waals surface area contributed by atoms with E-state index in [-0.39, 0.29) is 24.8 Å². The summed E-state index contributed by atoms with van der Waals surface area (Å²) in [4.78, 5) is 38.5. The van der Waals surface area contributed by atoms with Crippen molar-refractivity contribution >= 4 is 17.8 Å². The van der Waals surface area contributed by atoms with Crippen molar-refractivity contribution in [1.82, 2.24) is 9.80 Å². The van der Waals surface area contributed by atoms with Crippen LogP contribution in [-0.2, 0) is 20.9 Å². The number of carboxylic acids is 1. The monoisotopic (exact) mass is 332 g/mol. The lowest BCUT2D eigenvalue weighted by Gasteiger charge is -2.31. The van der Waals surface area contributed by atoms with Crippen LogP contribution in [0.2, 0.25) is 0 Å². The summed E-state index contributed by atoms with van der Waals surface area (Å²) >= 11 is 0. The van der Waals surface area contributed by atoms with Crippen molar-refractivity contribution in [2.75, 3.05) is 19.6 Å². The quantitative estimate of drug-likeness (QED) is 0.861. The molecule has 2 rings (SSSR count). The van der Waals surface area contributed by atoms with E-state index in [4.69, 9.17) is 5.11 Å². The Kier molecular flexibility index (Phi) is 6.35. The number of likely N-dealkylation sites (tertiary alicyclic amines) is 1. The van der Waals surface area contributed by atoms with E-state index in [0.717, 1.165) is 5.56 Å². The molecule has 1 saturated heterocycles. The predicted molar refractivity (Wildman–Crippen MR) is 89.1 cm³/mol. The van der Waals surface area contributed by atoms with Gasteiger partial charge in [-0.15, -0.1) is 0 Å². The van der Waals surface area contributed by atoms with Gasteiger partial charge in [-0.1, -0.05) is 30.3 Å². The third-order valence-electron chi connectivity index (χ3n) is 4.38. The molecule has 6 nitrogen and oxygen atoms in total. The zero-order valence-electron chi connectivity index (χ0n) is 14.0. The first-order valence-electron chi connectivity index (χ1n) is 8.27. The third-order valence-corrected chi connectivity index (χ3v) is 4.38. The Labute approximate surface area is 142 Å². The van der Waals surface area contributed by atoms with Crippen molar-refractivity contribution in [3.05, 3.63) is 35.9 Å². The first-order chi connectivity index (χ1) is 11.5. The predicted octanol–water partition coefficient (Wildman–Crippen LogP) is 1.75. The zero-order valence-corrected chi connectivity index (χ0v) is 14.0. The fourth-order valence-electron chi connectivity index (χ4n) is 2.95. The molecule has 1 N–H and O–H groups in total. The third kappa shape index (κ3) is 5.08. The van der Waals surface area contributed by atoms with E-state index >= 15 is 0 Å². The van der Waals surface area contributed by atoms with Crippen molar-refractivity contribution in [3.63, 3.8) is 0 Å². The van der Waals surface area contributed by atoms with Crippen molar-refractivity contribution < 1.29 is 19.5 Å². The van der Waals surface area contributed by atoms with E-state index < -0.39 is 11.9 Å². The fourth-order valence-corrected chi connectivity index (χ4v) is 2.95. The van der Waals surface area contributed by atoms with Crippen LogP contribution in [0.5, 0.6) is 0 Å². The molecule has 0 saturated carbocycles. The number of carbonyl (C=O) groups excluding carboxylic acids is 2. The normalized spacial score (nSPS) is 17.4. The van der Waals surface area contributed by atoms with E-state index in [9.17, 15) is 14.4 Å². The second kappa shape index (κ2) is 8.47. The van der Waals surface area contributed by atoms with Gasteiger partial charge < -0.3 is 14.9 Å². The second-order valence-corrected chi connectivity index (χ2v) is 6.19. The van der Waals surface area contributed by atoms with E-state index in [0.29, 0.717) is 32.5 Å². The molecule has 0 bridgehead atoms. The van der Waals surface area contributed by atoms with Crippen LogP contribution >= 0.6 is 0 Å². The average molecular weight is 332 g/mol. The highest BCUT2D eigenvalue weighted by atomic mass is 16.4. The summed E-state index contributed by atoms with van der Waals surface area (Å²) < 4.78 is 0. The summed E-state index contributed by atoms with van der Waals surface area (Å²) in [5.41, 5.74) is 1.02. The van der Waals surface area contributed by atoms with Gasteiger partial charge in [-0.05, 0) is 18.4 Å². The van der Waals surface area contributed by atoms with Gasteiger partial charge in [0.25, 0.3) is 0 Å². The van der Waals surface area contributed by atoms with Gasteiger partial charge in [-0.25, -0.2) is 0 Å². The maximum Gasteiger partial charge on any atom is 0.308 e. The number of hydrogen-bond acceptors (Lipinski definition) is 3. The summed E-state index contributed by atoms with van der Waals surface area (Å²) in [7, 11) is 0. The Bertz CT molecular complexity index is 588. The zero-order chi connectivity index (χ0) is 17.5. The minimum absolute atomic E-state index is 0.0753. The van der Waals surface area contributed by atoms with Crippen LogP contribution in [0.15, 0.2) is 30.3 Å². The van der Waals surface area contributed by atoms with Gasteiger partial charge in [0, 0.05) is 39.5 Å². The molecule has 0 radical (unpaired) electrons. The highest BCUT2D eigenvalue weighted by Gasteiger charge is 2.28. The van der Waals surface area contributed by atoms with Gasteiger partial charge >= 0.3 is 5.97 Å². The molecule has 6 heteroatoms. The number of piperidine rings is 1. The van der Waals surface area contributed by atoms with Gasteiger partial charge in [0.15, 0.2) is 0 Å². The van der Waals surface area contributed by atoms with E-state index in [1.165, 1.54) is 6.92 Å². The summed E-state index contributed by atoms with van der Waals surface area (Å²) in [5, 5.41) is 9.10. The van der Waals surface area contributed by atoms with Crippen LogP contribution in [-0.4, -0.2) is 52.3 Å².